The van der Waals surface area contributed by atoms with Crippen molar-refractivity contribution in [1.82, 2.24) is 15.0 Å². The first kappa shape index (κ1) is 32.2. The van der Waals surface area contributed by atoms with E-state index in [1.54, 1.807) is 0 Å². The molecule has 11 aromatic rings. The minimum absolute atomic E-state index is 0.598. The van der Waals surface area contributed by atoms with Gasteiger partial charge in [0.15, 0.2) is 17.5 Å². The van der Waals surface area contributed by atoms with Gasteiger partial charge in [-0.15, -0.1) is 11.3 Å². The van der Waals surface area contributed by atoms with Crippen molar-refractivity contribution in [1.29, 1.82) is 0 Å². The molecular weight excluding hydrogens is 703 g/mol. The minimum atomic E-state index is 0.598. The highest BCUT2D eigenvalue weighted by atomic mass is 32.1. The van der Waals surface area contributed by atoms with Crippen molar-refractivity contribution in [2.75, 3.05) is 0 Å². The van der Waals surface area contributed by atoms with Crippen LogP contribution in [0.3, 0.4) is 0 Å². The van der Waals surface area contributed by atoms with Gasteiger partial charge in [-0.3, -0.25) is 0 Å². The molecule has 0 radical (unpaired) electrons. The van der Waals surface area contributed by atoms with Gasteiger partial charge in [-0.25, -0.2) is 15.0 Å². The van der Waals surface area contributed by atoms with Gasteiger partial charge in [0, 0.05) is 47.6 Å². The number of nitrogens with zero attached hydrogens (tertiary/aromatic N) is 3. The Bertz CT molecular complexity index is 3230. The van der Waals surface area contributed by atoms with Crippen molar-refractivity contribution in [3.63, 3.8) is 0 Å². The standard InChI is InChI=1S/C51H31N3OS/c1-4-13-32(14-5-1)33-25-27-36(28-26-33)50-52-49(35-17-8-3-9-18-35)53-51(54-50)41-21-10-22-42-46(41)40-30-29-37(31-43(40)55-42)39-20-12-24-45-48(39)47-38(19-11-23-44(47)56-45)34-15-6-2-7-16-34/h1-31H. The Balaban J connectivity index is 1.06. The van der Waals surface area contributed by atoms with Crippen LogP contribution in [0.5, 0.6) is 0 Å². The summed E-state index contributed by atoms with van der Waals surface area (Å²) in [7, 11) is 0. The molecule has 0 amide bonds. The molecule has 0 bridgehead atoms. The van der Waals surface area contributed by atoms with Gasteiger partial charge in [-0.05, 0) is 63.7 Å². The zero-order valence-corrected chi connectivity index (χ0v) is 30.9. The predicted molar refractivity (Wildman–Crippen MR) is 233 cm³/mol. The molecule has 0 aliphatic heterocycles. The van der Waals surface area contributed by atoms with Crippen LogP contribution in [0.4, 0.5) is 0 Å². The second-order valence-electron chi connectivity index (χ2n) is 13.9. The van der Waals surface area contributed by atoms with E-state index >= 15 is 0 Å². The average Bonchev–Trinajstić information content (AvgIpc) is 3.86. The lowest BCUT2D eigenvalue weighted by molar-refractivity contribution is 0.669. The maximum Gasteiger partial charge on any atom is 0.164 e. The maximum absolute atomic E-state index is 6.67. The van der Waals surface area contributed by atoms with Crippen molar-refractivity contribution < 1.29 is 4.42 Å². The number of thiophene rings is 1. The van der Waals surface area contributed by atoms with Crippen LogP contribution in [0, 0.1) is 0 Å². The lowest BCUT2D eigenvalue weighted by Gasteiger charge is -2.10. The molecule has 8 aromatic carbocycles. The molecule has 262 valence electrons. The smallest absolute Gasteiger partial charge is 0.164 e. The van der Waals surface area contributed by atoms with E-state index < -0.39 is 0 Å². The fourth-order valence-electron chi connectivity index (χ4n) is 7.93. The number of aromatic nitrogens is 3. The van der Waals surface area contributed by atoms with E-state index in [2.05, 4.69) is 140 Å². The van der Waals surface area contributed by atoms with Gasteiger partial charge < -0.3 is 4.42 Å². The maximum atomic E-state index is 6.67. The monoisotopic (exact) mass is 733 g/mol. The van der Waals surface area contributed by atoms with E-state index in [-0.39, 0.29) is 0 Å². The van der Waals surface area contributed by atoms with E-state index in [1.807, 2.05) is 59.9 Å². The van der Waals surface area contributed by atoms with Crippen molar-refractivity contribution in [3.05, 3.63) is 188 Å². The van der Waals surface area contributed by atoms with E-state index in [0.29, 0.717) is 17.5 Å². The summed E-state index contributed by atoms with van der Waals surface area (Å²) in [5, 5.41) is 4.55. The number of furan rings is 1. The van der Waals surface area contributed by atoms with Gasteiger partial charge in [0.1, 0.15) is 11.2 Å². The van der Waals surface area contributed by atoms with E-state index in [1.165, 1.54) is 42.4 Å². The molecule has 0 atom stereocenters. The fourth-order valence-corrected chi connectivity index (χ4v) is 9.09. The molecule has 11 rings (SSSR count). The van der Waals surface area contributed by atoms with Gasteiger partial charge >= 0.3 is 0 Å². The third-order valence-electron chi connectivity index (χ3n) is 10.6. The molecule has 3 aromatic heterocycles. The minimum Gasteiger partial charge on any atom is -0.456 e. The largest absolute Gasteiger partial charge is 0.456 e. The summed E-state index contributed by atoms with van der Waals surface area (Å²) in [6.07, 6.45) is 0. The van der Waals surface area contributed by atoms with Crippen LogP contribution in [0.1, 0.15) is 0 Å². The molecule has 0 saturated heterocycles. The van der Waals surface area contributed by atoms with E-state index in [9.17, 15) is 0 Å². The fraction of sp³-hybridized carbons (Fsp3) is 0. The Kier molecular flexibility index (Phi) is 7.64. The highest BCUT2D eigenvalue weighted by Gasteiger charge is 2.20. The average molecular weight is 734 g/mol. The third-order valence-corrected chi connectivity index (χ3v) is 11.7. The lowest BCUT2D eigenvalue weighted by Crippen LogP contribution is -2.00. The highest BCUT2D eigenvalue weighted by Crippen LogP contribution is 2.45. The van der Waals surface area contributed by atoms with Crippen LogP contribution in [0.25, 0.3) is 110 Å². The molecule has 0 unspecified atom stereocenters. The summed E-state index contributed by atoms with van der Waals surface area (Å²) in [4.78, 5) is 15.2. The first-order chi connectivity index (χ1) is 27.7. The summed E-state index contributed by atoms with van der Waals surface area (Å²) in [6, 6.07) is 65.6. The molecular formula is C51H31N3OS. The van der Waals surface area contributed by atoms with Crippen molar-refractivity contribution in [3.8, 4) is 67.5 Å². The molecule has 56 heavy (non-hydrogen) atoms. The molecule has 0 aliphatic carbocycles. The molecule has 3 heterocycles. The number of hydrogen-bond donors (Lipinski definition) is 0. The first-order valence-electron chi connectivity index (χ1n) is 18.7. The Labute approximate surface area is 327 Å². The highest BCUT2D eigenvalue weighted by molar-refractivity contribution is 7.26. The molecule has 0 fully saturated rings. The Hall–Kier alpha value is -7.21. The molecule has 5 heteroatoms. The van der Waals surface area contributed by atoms with Crippen molar-refractivity contribution >= 4 is 53.4 Å². The summed E-state index contributed by atoms with van der Waals surface area (Å²) < 4.78 is 9.21. The molecule has 0 saturated carbocycles. The Morgan fingerprint density at radius 1 is 0.321 bits per heavy atom. The number of rotatable bonds is 6. The van der Waals surface area contributed by atoms with Crippen LogP contribution >= 0.6 is 11.3 Å². The van der Waals surface area contributed by atoms with Crippen molar-refractivity contribution in [2.45, 2.75) is 0 Å². The summed E-state index contributed by atoms with van der Waals surface area (Å²) in [6.45, 7) is 0. The first-order valence-corrected chi connectivity index (χ1v) is 19.5. The summed E-state index contributed by atoms with van der Waals surface area (Å²) in [5.74, 6) is 1.84. The summed E-state index contributed by atoms with van der Waals surface area (Å²) in [5.41, 5.74) is 11.4. The van der Waals surface area contributed by atoms with Crippen LogP contribution in [-0.4, -0.2) is 15.0 Å². The zero-order valence-electron chi connectivity index (χ0n) is 30.1. The van der Waals surface area contributed by atoms with Gasteiger partial charge in [0.05, 0.1) is 0 Å². The Morgan fingerprint density at radius 3 is 1.46 bits per heavy atom. The lowest BCUT2D eigenvalue weighted by atomic mass is 9.94. The predicted octanol–water partition coefficient (Wildman–Crippen LogP) is 14.1. The van der Waals surface area contributed by atoms with E-state index in [4.69, 9.17) is 19.4 Å². The topological polar surface area (TPSA) is 51.8 Å². The molecule has 4 nitrogen and oxygen atoms in total. The van der Waals surface area contributed by atoms with Crippen LogP contribution in [0.2, 0.25) is 0 Å². The second kappa shape index (κ2) is 13.3. The van der Waals surface area contributed by atoms with Gasteiger partial charge in [-0.1, -0.05) is 158 Å². The number of benzene rings is 8. The van der Waals surface area contributed by atoms with Gasteiger partial charge in [0.25, 0.3) is 0 Å². The van der Waals surface area contributed by atoms with E-state index in [0.717, 1.165) is 49.8 Å². The number of hydrogen-bond acceptors (Lipinski definition) is 5. The summed E-state index contributed by atoms with van der Waals surface area (Å²) >= 11 is 1.84. The van der Waals surface area contributed by atoms with Gasteiger partial charge in [-0.2, -0.15) is 0 Å². The number of fused-ring (bicyclic) bond motifs is 6. The third kappa shape index (κ3) is 5.48. The van der Waals surface area contributed by atoms with Crippen molar-refractivity contribution in [2.24, 2.45) is 0 Å². The zero-order chi connectivity index (χ0) is 37.0. The molecule has 0 spiro atoms. The Morgan fingerprint density at radius 2 is 0.804 bits per heavy atom. The van der Waals surface area contributed by atoms with Crippen LogP contribution in [-0.2, 0) is 0 Å². The molecule has 0 N–H and O–H groups in total. The van der Waals surface area contributed by atoms with Gasteiger partial charge in [0.2, 0.25) is 0 Å². The quantitative estimate of drug-likeness (QED) is 0.171. The second-order valence-corrected chi connectivity index (χ2v) is 15.0. The SMILES string of the molecule is c1ccc(-c2ccc(-c3nc(-c4ccccc4)nc(-c4cccc5oc6cc(-c7cccc8sc9cccc(-c%10ccccc%10)c9c78)ccc6c45)n3)cc2)cc1. The van der Waals surface area contributed by atoms with Crippen LogP contribution in [0.15, 0.2) is 192 Å². The van der Waals surface area contributed by atoms with Crippen LogP contribution < -0.4 is 0 Å². The normalized spacial score (nSPS) is 11.6. The molecule has 0 aliphatic rings.